The van der Waals surface area contributed by atoms with Crippen molar-refractivity contribution < 1.29 is 4.79 Å². The van der Waals surface area contributed by atoms with Crippen LogP contribution >= 0.6 is 11.6 Å². The average molecular weight is 251 g/mol. The van der Waals surface area contributed by atoms with Crippen LogP contribution in [0.1, 0.15) is 10.5 Å². The molecule has 0 aliphatic carbocycles. The number of rotatable bonds is 2. The van der Waals surface area contributed by atoms with Gasteiger partial charge in [-0.25, -0.2) is 4.98 Å². The van der Waals surface area contributed by atoms with E-state index in [-0.39, 0.29) is 11.6 Å². The number of aryl methyl sites for hydroxylation is 1. The molecular weight excluding hydrogens is 240 g/mol. The van der Waals surface area contributed by atoms with E-state index >= 15 is 0 Å². The fourth-order valence-corrected chi connectivity index (χ4v) is 1.46. The van der Waals surface area contributed by atoms with E-state index in [1.807, 2.05) is 0 Å². The number of halogens is 1. The summed E-state index contributed by atoms with van der Waals surface area (Å²) in [5.74, 6) is -0.0121. The van der Waals surface area contributed by atoms with Gasteiger partial charge in [-0.2, -0.15) is 0 Å². The molecule has 1 heterocycles. The zero-order chi connectivity index (χ0) is 12.4. The zero-order valence-corrected chi connectivity index (χ0v) is 9.90. The van der Waals surface area contributed by atoms with Gasteiger partial charge in [-0.15, -0.1) is 0 Å². The molecule has 0 aliphatic rings. The molecule has 0 saturated heterocycles. The van der Waals surface area contributed by atoms with Crippen molar-refractivity contribution in [3.8, 4) is 0 Å². The summed E-state index contributed by atoms with van der Waals surface area (Å²) in [6.45, 7) is 0. The molecule has 0 spiro atoms. The number of benzene rings is 1. The van der Waals surface area contributed by atoms with E-state index in [9.17, 15) is 4.79 Å². The van der Waals surface area contributed by atoms with Gasteiger partial charge in [0.1, 0.15) is 5.82 Å². The lowest BCUT2D eigenvalue weighted by Crippen LogP contribution is -2.14. The smallest absolute Gasteiger partial charge is 0.278 e. The molecule has 0 aliphatic heterocycles. The molecule has 1 aromatic carbocycles. The third kappa shape index (κ3) is 2.39. The lowest BCUT2D eigenvalue weighted by Gasteiger charge is -2.04. The Morgan fingerprint density at radius 2 is 2.06 bits per heavy atom. The lowest BCUT2D eigenvalue weighted by atomic mass is 10.3. The molecule has 0 unspecified atom stereocenters. The SMILES string of the molecule is Cn1cnc(C(=O)Nc2ccc(Cl)cc2)c1N. The van der Waals surface area contributed by atoms with Gasteiger partial charge in [0.05, 0.1) is 6.33 Å². The van der Waals surface area contributed by atoms with Crippen molar-refractivity contribution in [1.29, 1.82) is 0 Å². The molecule has 6 heteroatoms. The Kier molecular flexibility index (Phi) is 3.01. The number of nitrogens with zero attached hydrogens (tertiary/aromatic N) is 2. The summed E-state index contributed by atoms with van der Waals surface area (Å²) in [7, 11) is 1.72. The predicted octanol–water partition coefficient (Wildman–Crippen LogP) is 1.91. The topological polar surface area (TPSA) is 72.9 Å². The molecule has 0 atom stereocenters. The summed E-state index contributed by atoms with van der Waals surface area (Å²) >= 11 is 5.75. The third-order valence-electron chi connectivity index (χ3n) is 2.30. The lowest BCUT2D eigenvalue weighted by molar-refractivity contribution is 0.102. The molecule has 5 nitrogen and oxygen atoms in total. The Morgan fingerprint density at radius 3 is 2.59 bits per heavy atom. The largest absolute Gasteiger partial charge is 0.383 e. The molecule has 0 saturated carbocycles. The first-order valence-corrected chi connectivity index (χ1v) is 5.29. The maximum atomic E-state index is 11.8. The molecule has 0 fully saturated rings. The Hall–Kier alpha value is -2.01. The van der Waals surface area contributed by atoms with Crippen molar-refractivity contribution >= 4 is 29.0 Å². The highest BCUT2D eigenvalue weighted by atomic mass is 35.5. The van der Waals surface area contributed by atoms with E-state index in [0.29, 0.717) is 16.5 Å². The number of carbonyl (C=O) groups is 1. The maximum absolute atomic E-state index is 11.8. The first kappa shape index (κ1) is 11.5. The Morgan fingerprint density at radius 1 is 1.41 bits per heavy atom. The molecule has 88 valence electrons. The highest BCUT2D eigenvalue weighted by Crippen LogP contribution is 2.15. The summed E-state index contributed by atoms with van der Waals surface area (Å²) in [6, 6.07) is 6.80. The van der Waals surface area contributed by atoms with E-state index in [4.69, 9.17) is 17.3 Å². The maximum Gasteiger partial charge on any atom is 0.278 e. The highest BCUT2D eigenvalue weighted by molar-refractivity contribution is 6.30. The van der Waals surface area contributed by atoms with Crippen LogP contribution in [0.3, 0.4) is 0 Å². The number of aromatic nitrogens is 2. The molecule has 0 bridgehead atoms. The molecule has 0 radical (unpaired) electrons. The van der Waals surface area contributed by atoms with E-state index in [0.717, 1.165) is 0 Å². The molecule has 2 aromatic rings. The van der Waals surface area contributed by atoms with E-state index < -0.39 is 0 Å². The van der Waals surface area contributed by atoms with E-state index in [2.05, 4.69) is 10.3 Å². The van der Waals surface area contributed by atoms with Crippen LogP contribution < -0.4 is 11.1 Å². The summed E-state index contributed by atoms with van der Waals surface area (Å²) in [6.07, 6.45) is 1.49. The number of imidazole rings is 1. The number of nitrogens with two attached hydrogens (primary N) is 1. The Bertz CT molecular complexity index is 547. The van der Waals surface area contributed by atoms with Crippen molar-refractivity contribution in [2.45, 2.75) is 0 Å². The van der Waals surface area contributed by atoms with Crippen LogP contribution in [-0.4, -0.2) is 15.5 Å². The van der Waals surface area contributed by atoms with E-state index in [1.54, 1.807) is 35.9 Å². The average Bonchev–Trinajstić information content (AvgIpc) is 2.63. The van der Waals surface area contributed by atoms with Gasteiger partial charge in [0.15, 0.2) is 5.69 Å². The van der Waals surface area contributed by atoms with Crippen LogP contribution in [0.25, 0.3) is 0 Å². The molecule has 17 heavy (non-hydrogen) atoms. The van der Waals surface area contributed by atoms with Gasteiger partial charge >= 0.3 is 0 Å². The molecule has 2 rings (SSSR count). The van der Waals surface area contributed by atoms with Crippen LogP contribution in [0.2, 0.25) is 5.02 Å². The molecule has 3 N–H and O–H groups in total. The van der Waals surface area contributed by atoms with Crippen LogP contribution in [0.15, 0.2) is 30.6 Å². The first-order chi connectivity index (χ1) is 8.08. The summed E-state index contributed by atoms with van der Waals surface area (Å²) in [5.41, 5.74) is 6.55. The first-order valence-electron chi connectivity index (χ1n) is 4.91. The van der Waals surface area contributed by atoms with Crippen molar-refractivity contribution in [1.82, 2.24) is 9.55 Å². The molecule has 1 aromatic heterocycles. The van der Waals surface area contributed by atoms with Crippen molar-refractivity contribution in [3.05, 3.63) is 41.3 Å². The number of amides is 1. The van der Waals surface area contributed by atoms with E-state index in [1.165, 1.54) is 6.33 Å². The Balaban J connectivity index is 2.17. The van der Waals surface area contributed by atoms with Crippen LogP contribution in [-0.2, 0) is 7.05 Å². The van der Waals surface area contributed by atoms with Gasteiger partial charge in [0, 0.05) is 17.8 Å². The number of nitrogens with one attached hydrogen (secondary N) is 1. The fourth-order valence-electron chi connectivity index (χ4n) is 1.34. The summed E-state index contributed by atoms with van der Waals surface area (Å²) in [5, 5.41) is 3.30. The summed E-state index contributed by atoms with van der Waals surface area (Å²) < 4.78 is 1.58. The minimum Gasteiger partial charge on any atom is -0.383 e. The van der Waals surface area contributed by atoms with Gasteiger partial charge in [-0.05, 0) is 24.3 Å². The van der Waals surface area contributed by atoms with Crippen molar-refractivity contribution in [2.24, 2.45) is 7.05 Å². The normalized spacial score (nSPS) is 10.2. The van der Waals surface area contributed by atoms with Gasteiger partial charge in [-0.3, -0.25) is 4.79 Å². The number of nitrogen functional groups attached to an aromatic ring is 1. The van der Waals surface area contributed by atoms with Crippen LogP contribution in [0, 0.1) is 0 Å². The van der Waals surface area contributed by atoms with Crippen LogP contribution in [0.5, 0.6) is 0 Å². The second-order valence-corrected chi connectivity index (χ2v) is 3.99. The highest BCUT2D eigenvalue weighted by Gasteiger charge is 2.14. The van der Waals surface area contributed by atoms with Gasteiger partial charge in [0.2, 0.25) is 0 Å². The fraction of sp³-hybridized carbons (Fsp3) is 0.0909. The minimum absolute atomic E-state index is 0.211. The van der Waals surface area contributed by atoms with Gasteiger partial charge < -0.3 is 15.6 Å². The minimum atomic E-state index is -0.342. The van der Waals surface area contributed by atoms with Gasteiger partial charge in [0.25, 0.3) is 5.91 Å². The van der Waals surface area contributed by atoms with Crippen LogP contribution in [0.4, 0.5) is 11.5 Å². The Labute approximate surface area is 103 Å². The number of anilines is 2. The quantitative estimate of drug-likeness (QED) is 0.855. The second kappa shape index (κ2) is 4.47. The summed E-state index contributed by atoms with van der Waals surface area (Å²) in [4.78, 5) is 15.8. The molecule has 1 amide bonds. The number of carbonyl (C=O) groups excluding carboxylic acids is 1. The molecular formula is C11H11ClN4O. The standard InChI is InChI=1S/C11H11ClN4O/c1-16-6-14-9(10(16)13)11(17)15-8-4-2-7(12)3-5-8/h2-6H,13H2,1H3,(H,15,17). The van der Waals surface area contributed by atoms with Gasteiger partial charge in [-0.1, -0.05) is 11.6 Å². The monoisotopic (exact) mass is 250 g/mol. The predicted molar refractivity (Wildman–Crippen MR) is 67.0 cm³/mol. The number of hydrogen-bond acceptors (Lipinski definition) is 3. The third-order valence-corrected chi connectivity index (χ3v) is 2.55. The second-order valence-electron chi connectivity index (χ2n) is 3.55. The van der Waals surface area contributed by atoms with Crippen molar-refractivity contribution in [2.75, 3.05) is 11.1 Å². The zero-order valence-electron chi connectivity index (χ0n) is 9.14. The van der Waals surface area contributed by atoms with Crippen molar-refractivity contribution in [3.63, 3.8) is 0 Å². The number of hydrogen-bond donors (Lipinski definition) is 2.